The molecule has 1 aliphatic rings. The Kier molecular flexibility index (Phi) is 4.44. The van der Waals surface area contributed by atoms with Crippen LogP contribution in [-0.4, -0.2) is 30.8 Å². The van der Waals surface area contributed by atoms with E-state index in [-0.39, 0.29) is 23.4 Å². The van der Waals surface area contributed by atoms with Gasteiger partial charge in [0.15, 0.2) is 0 Å². The predicted octanol–water partition coefficient (Wildman–Crippen LogP) is 1.49. The molecule has 1 fully saturated rings. The van der Waals surface area contributed by atoms with E-state index in [0.29, 0.717) is 11.5 Å². The molecule has 6 heteroatoms. The van der Waals surface area contributed by atoms with Crippen LogP contribution in [0.2, 0.25) is 0 Å². The molecule has 1 heterocycles. The molecule has 1 aliphatic heterocycles. The largest absolute Gasteiger partial charge is 0.468 e. The Labute approximate surface area is 115 Å². The van der Waals surface area contributed by atoms with Gasteiger partial charge in [-0.25, -0.2) is 0 Å². The number of esters is 2. The standard InChI is InChI=1S/C13H15NO4S/c1-8(15)18-11-6-4-3-5-9(11)12-14-10(7-19-12)13(16)17-2/h3-6,10,12,14H,7H2,1-2H3. The first-order valence-electron chi connectivity index (χ1n) is 5.84. The Morgan fingerprint density at radius 3 is 2.79 bits per heavy atom. The minimum atomic E-state index is -0.361. The molecule has 0 radical (unpaired) electrons. The number of hydrogen-bond donors (Lipinski definition) is 1. The summed E-state index contributed by atoms with van der Waals surface area (Å²) in [5.74, 6) is 0.511. The van der Waals surface area contributed by atoms with Gasteiger partial charge >= 0.3 is 11.9 Å². The third-order valence-electron chi connectivity index (χ3n) is 2.72. The first-order chi connectivity index (χ1) is 9.11. The van der Waals surface area contributed by atoms with Crippen LogP contribution in [0, 0.1) is 0 Å². The van der Waals surface area contributed by atoms with Crippen LogP contribution in [-0.2, 0) is 14.3 Å². The lowest BCUT2D eigenvalue weighted by Crippen LogP contribution is -2.35. The fourth-order valence-corrected chi connectivity index (χ4v) is 3.13. The summed E-state index contributed by atoms with van der Waals surface area (Å²) in [5, 5.41) is 3.09. The monoisotopic (exact) mass is 281 g/mol. The first kappa shape index (κ1) is 13.9. The van der Waals surface area contributed by atoms with Crippen LogP contribution in [0.5, 0.6) is 5.75 Å². The molecule has 0 amide bonds. The Morgan fingerprint density at radius 1 is 1.37 bits per heavy atom. The summed E-state index contributed by atoms with van der Waals surface area (Å²) in [4.78, 5) is 22.5. The molecule has 0 aliphatic carbocycles. The first-order valence-corrected chi connectivity index (χ1v) is 6.89. The second-order valence-corrected chi connectivity index (χ2v) is 5.23. The van der Waals surface area contributed by atoms with Crippen molar-refractivity contribution in [3.63, 3.8) is 0 Å². The van der Waals surface area contributed by atoms with E-state index in [4.69, 9.17) is 9.47 Å². The van der Waals surface area contributed by atoms with Gasteiger partial charge in [0.2, 0.25) is 0 Å². The van der Waals surface area contributed by atoms with Crippen LogP contribution in [0.3, 0.4) is 0 Å². The average molecular weight is 281 g/mol. The summed E-state index contributed by atoms with van der Waals surface area (Å²) in [7, 11) is 1.37. The van der Waals surface area contributed by atoms with Crippen molar-refractivity contribution in [1.29, 1.82) is 0 Å². The van der Waals surface area contributed by atoms with Crippen molar-refractivity contribution in [3.8, 4) is 5.75 Å². The van der Waals surface area contributed by atoms with E-state index < -0.39 is 0 Å². The van der Waals surface area contributed by atoms with E-state index in [2.05, 4.69) is 5.32 Å². The highest BCUT2D eigenvalue weighted by molar-refractivity contribution is 7.99. The van der Waals surface area contributed by atoms with Crippen molar-refractivity contribution in [2.75, 3.05) is 12.9 Å². The molecule has 102 valence electrons. The highest BCUT2D eigenvalue weighted by Gasteiger charge is 2.32. The second kappa shape index (κ2) is 6.08. The van der Waals surface area contributed by atoms with Gasteiger partial charge in [0.25, 0.3) is 0 Å². The molecule has 0 spiro atoms. The van der Waals surface area contributed by atoms with Gasteiger partial charge < -0.3 is 9.47 Å². The van der Waals surface area contributed by atoms with Crippen LogP contribution in [0.15, 0.2) is 24.3 Å². The third kappa shape index (κ3) is 3.27. The van der Waals surface area contributed by atoms with E-state index in [1.165, 1.54) is 14.0 Å². The van der Waals surface area contributed by atoms with Gasteiger partial charge in [-0.1, -0.05) is 18.2 Å². The van der Waals surface area contributed by atoms with Crippen molar-refractivity contribution < 1.29 is 19.1 Å². The molecular formula is C13H15NO4S. The minimum Gasteiger partial charge on any atom is -0.468 e. The molecule has 1 aromatic rings. The lowest BCUT2D eigenvalue weighted by Gasteiger charge is -2.15. The van der Waals surface area contributed by atoms with E-state index >= 15 is 0 Å². The van der Waals surface area contributed by atoms with Crippen LogP contribution < -0.4 is 10.1 Å². The van der Waals surface area contributed by atoms with Gasteiger partial charge in [-0.2, -0.15) is 0 Å². The zero-order valence-corrected chi connectivity index (χ0v) is 11.5. The molecule has 0 saturated carbocycles. The number of methoxy groups -OCH3 is 1. The van der Waals surface area contributed by atoms with Gasteiger partial charge in [-0.05, 0) is 6.07 Å². The molecule has 2 atom stereocenters. The molecule has 1 saturated heterocycles. The molecule has 1 N–H and O–H groups in total. The topological polar surface area (TPSA) is 64.6 Å². The maximum Gasteiger partial charge on any atom is 0.323 e. The number of para-hydroxylation sites is 1. The van der Waals surface area contributed by atoms with Crippen LogP contribution >= 0.6 is 11.8 Å². The molecular weight excluding hydrogens is 266 g/mol. The number of carbonyl (C=O) groups is 2. The van der Waals surface area contributed by atoms with Gasteiger partial charge in [0.1, 0.15) is 11.8 Å². The minimum absolute atomic E-state index is 0.0837. The number of hydrogen-bond acceptors (Lipinski definition) is 6. The fraction of sp³-hybridized carbons (Fsp3) is 0.385. The molecule has 0 aromatic heterocycles. The van der Waals surface area contributed by atoms with E-state index in [1.54, 1.807) is 23.9 Å². The molecule has 0 bridgehead atoms. The lowest BCUT2D eigenvalue weighted by atomic mass is 10.2. The van der Waals surface area contributed by atoms with Crippen LogP contribution in [0.25, 0.3) is 0 Å². The molecule has 19 heavy (non-hydrogen) atoms. The van der Waals surface area contributed by atoms with Crippen molar-refractivity contribution in [2.24, 2.45) is 0 Å². The van der Waals surface area contributed by atoms with Crippen LogP contribution in [0.1, 0.15) is 17.9 Å². The van der Waals surface area contributed by atoms with Gasteiger partial charge in [-0.15, -0.1) is 11.8 Å². The number of carbonyl (C=O) groups excluding carboxylic acids is 2. The van der Waals surface area contributed by atoms with Crippen molar-refractivity contribution in [1.82, 2.24) is 5.32 Å². The Hall–Kier alpha value is -1.53. The summed E-state index contributed by atoms with van der Waals surface area (Å²) in [6, 6.07) is 6.97. The summed E-state index contributed by atoms with van der Waals surface area (Å²) in [5.41, 5.74) is 0.856. The average Bonchev–Trinajstić information content (AvgIpc) is 2.87. The Morgan fingerprint density at radius 2 is 2.11 bits per heavy atom. The maximum atomic E-state index is 11.5. The third-order valence-corrected chi connectivity index (χ3v) is 3.97. The molecule has 2 unspecified atom stereocenters. The summed E-state index contributed by atoms with van der Waals surface area (Å²) < 4.78 is 9.88. The maximum absolute atomic E-state index is 11.5. The van der Waals surface area contributed by atoms with Crippen molar-refractivity contribution in [3.05, 3.63) is 29.8 Å². The zero-order valence-electron chi connectivity index (χ0n) is 10.7. The highest BCUT2D eigenvalue weighted by Crippen LogP contribution is 2.37. The van der Waals surface area contributed by atoms with Gasteiger partial charge in [0.05, 0.1) is 12.5 Å². The zero-order chi connectivity index (χ0) is 13.8. The summed E-state index contributed by atoms with van der Waals surface area (Å²) >= 11 is 1.59. The quantitative estimate of drug-likeness (QED) is 0.669. The van der Waals surface area contributed by atoms with Crippen LogP contribution in [0.4, 0.5) is 0 Å². The lowest BCUT2D eigenvalue weighted by molar-refractivity contribution is -0.142. The number of ether oxygens (including phenoxy) is 2. The smallest absolute Gasteiger partial charge is 0.323 e. The number of nitrogens with one attached hydrogen (secondary N) is 1. The van der Waals surface area contributed by atoms with E-state index in [9.17, 15) is 9.59 Å². The van der Waals surface area contributed by atoms with Gasteiger partial charge in [-0.3, -0.25) is 14.9 Å². The number of rotatable bonds is 3. The second-order valence-electron chi connectivity index (χ2n) is 4.09. The summed E-state index contributed by atoms with van der Waals surface area (Å²) in [6.45, 7) is 1.36. The highest BCUT2D eigenvalue weighted by atomic mass is 32.2. The molecule has 2 rings (SSSR count). The Balaban J connectivity index is 2.15. The van der Waals surface area contributed by atoms with Gasteiger partial charge in [0, 0.05) is 18.2 Å². The SMILES string of the molecule is COC(=O)C1CSC(c2ccccc2OC(C)=O)N1. The fourth-order valence-electron chi connectivity index (χ4n) is 1.87. The normalized spacial score (nSPS) is 22.0. The van der Waals surface area contributed by atoms with Crippen molar-refractivity contribution in [2.45, 2.75) is 18.3 Å². The Bertz CT molecular complexity index is 491. The number of benzene rings is 1. The van der Waals surface area contributed by atoms with E-state index in [1.807, 2.05) is 12.1 Å². The van der Waals surface area contributed by atoms with Crippen molar-refractivity contribution >= 4 is 23.7 Å². The molecule has 1 aromatic carbocycles. The summed E-state index contributed by atoms with van der Waals surface area (Å²) in [6.07, 6.45) is 0. The predicted molar refractivity (Wildman–Crippen MR) is 71.9 cm³/mol. The van der Waals surface area contributed by atoms with E-state index in [0.717, 1.165) is 5.56 Å². The molecule has 5 nitrogen and oxygen atoms in total. The number of thioether (sulfide) groups is 1.